The second kappa shape index (κ2) is 5.31. The Labute approximate surface area is 99.6 Å². The average molecular weight is 244 g/mol. The molecule has 0 fully saturated rings. The average Bonchev–Trinajstić information content (AvgIpc) is 2.27. The van der Waals surface area contributed by atoms with Gasteiger partial charge in [-0.2, -0.15) is 0 Å². The van der Waals surface area contributed by atoms with Gasteiger partial charge in [-0.25, -0.2) is 8.78 Å². The van der Waals surface area contributed by atoms with Crippen molar-refractivity contribution in [2.75, 3.05) is 17.6 Å². The van der Waals surface area contributed by atoms with Crippen LogP contribution in [0.15, 0.2) is 18.2 Å². The van der Waals surface area contributed by atoms with E-state index in [0.717, 1.165) is 0 Å². The van der Waals surface area contributed by atoms with E-state index in [9.17, 15) is 13.9 Å². The van der Waals surface area contributed by atoms with E-state index in [2.05, 4.69) is 5.32 Å². The molecule has 0 saturated heterocycles. The van der Waals surface area contributed by atoms with Gasteiger partial charge in [-0.3, -0.25) is 0 Å². The van der Waals surface area contributed by atoms with Crippen LogP contribution in [-0.2, 0) is 0 Å². The summed E-state index contributed by atoms with van der Waals surface area (Å²) in [7, 11) is 0. The maximum Gasteiger partial charge on any atom is 0.265 e. The number of anilines is 2. The number of alkyl halides is 2. The van der Waals surface area contributed by atoms with Gasteiger partial charge >= 0.3 is 0 Å². The van der Waals surface area contributed by atoms with Gasteiger partial charge in [0.25, 0.3) is 6.43 Å². The number of hydrogen-bond donors (Lipinski definition) is 3. The normalized spacial score (nSPS) is 14.7. The standard InChI is InChI=1S/C12H18F2N2O/c1-3-12(2,17)7-16-10-5-4-8(15)6-9(10)11(13)14/h4-6,11,16-17H,3,7,15H2,1-2H3. The molecule has 17 heavy (non-hydrogen) atoms. The van der Waals surface area contributed by atoms with E-state index in [1.807, 2.05) is 6.92 Å². The molecule has 5 heteroatoms. The molecule has 3 nitrogen and oxygen atoms in total. The molecule has 1 unspecified atom stereocenters. The maximum absolute atomic E-state index is 12.8. The Kier molecular flexibility index (Phi) is 4.28. The highest BCUT2D eigenvalue weighted by Gasteiger charge is 2.19. The Morgan fingerprint density at radius 3 is 2.65 bits per heavy atom. The quantitative estimate of drug-likeness (QED) is 0.698. The molecule has 0 radical (unpaired) electrons. The molecular formula is C12H18F2N2O. The van der Waals surface area contributed by atoms with Gasteiger partial charge in [0, 0.05) is 23.5 Å². The summed E-state index contributed by atoms with van der Waals surface area (Å²) in [5.74, 6) is 0. The first-order valence-electron chi connectivity index (χ1n) is 5.49. The molecule has 1 rings (SSSR count). The Morgan fingerprint density at radius 1 is 1.47 bits per heavy atom. The third kappa shape index (κ3) is 3.85. The Hall–Kier alpha value is -1.36. The first-order chi connectivity index (χ1) is 7.85. The predicted octanol–water partition coefficient (Wildman–Crippen LogP) is 2.78. The first-order valence-corrected chi connectivity index (χ1v) is 5.49. The van der Waals surface area contributed by atoms with E-state index in [-0.39, 0.29) is 12.1 Å². The van der Waals surface area contributed by atoms with Gasteiger partial charge in [0.1, 0.15) is 0 Å². The van der Waals surface area contributed by atoms with Crippen molar-refractivity contribution in [3.63, 3.8) is 0 Å². The van der Waals surface area contributed by atoms with Crippen molar-refractivity contribution in [3.8, 4) is 0 Å². The molecule has 96 valence electrons. The minimum absolute atomic E-state index is 0.142. The smallest absolute Gasteiger partial charge is 0.265 e. The van der Waals surface area contributed by atoms with Gasteiger partial charge in [0.05, 0.1) is 5.60 Å². The van der Waals surface area contributed by atoms with E-state index in [0.29, 0.717) is 17.8 Å². The molecule has 4 N–H and O–H groups in total. The largest absolute Gasteiger partial charge is 0.399 e. The van der Waals surface area contributed by atoms with Crippen LogP contribution in [0.25, 0.3) is 0 Å². The van der Waals surface area contributed by atoms with Gasteiger partial charge in [-0.05, 0) is 31.5 Å². The number of halogens is 2. The number of nitrogens with one attached hydrogen (secondary N) is 1. The number of benzene rings is 1. The Balaban J connectivity index is 2.84. The molecule has 0 aliphatic heterocycles. The van der Waals surface area contributed by atoms with Crippen molar-refractivity contribution < 1.29 is 13.9 Å². The van der Waals surface area contributed by atoms with E-state index in [1.54, 1.807) is 13.0 Å². The summed E-state index contributed by atoms with van der Waals surface area (Å²) >= 11 is 0. The zero-order chi connectivity index (χ0) is 13.1. The second-order valence-corrected chi connectivity index (χ2v) is 4.35. The van der Waals surface area contributed by atoms with E-state index in [1.165, 1.54) is 12.1 Å². The SMILES string of the molecule is CCC(C)(O)CNc1ccc(N)cc1C(F)F. The Morgan fingerprint density at radius 2 is 2.12 bits per heavy atom. The monoisotopic (exact) mass is 244 g/mol. The first kappa shape index (κ1) is 13.7. The van der Waals surface area contributed by atoms with Gasteiger partial charge < -0.3 is 16.2 Å². The van der Waals surface area contributed by atoms with Crippen molar-refractivity contribution in [3.05, 3.63) is 23.8 Å². The van der Waals surface area contributed by atoms with Gasteiger partial charge in [-0.15, -0.1) is 0 Å². The maximum atomic E-state index is 12.8. The molecule has 0 bridgehead atoms. The molecule has 1 aromatic carbocycles. The van der Waals surface area contributed by atoms with Crippen LogP contribution in [0.3, 0.4) is 0 Å². The lowest BCUT2D eigenvalue weighted by Crippen LogP contribution is -2.32. The fourth-order valence-corrected chi connectivity index (χ4v) is 1.33. The van der Waals surface area contributed by atoms with Crippen LogP contribution in [0, 0.1) is 0 Å². The van der Waals surface area contributed by atoms with E-state index < -0.39 is 12.0 Å². The summed E-state index contributed by atoms with van der Waals surface area (Å²) < 4.78 is 25.5. The van der Waals surface area contributed by atoms with Gasteiger partial charge in [0.2, 0.25) is 0 Å². The molecule has 0 amide bonds. The van der Waals surface area contributed by atoms with E-state index >= 15 is 0 Å². The molecule has 0 aliphatic rings. The number of hydrogen-bond acceptors (Lipinski definition) is 3. The van der Waals surface area contributed by atoms with Crippen LogP contribution < -0.4 is 11.1 Å². The molecule has 1 aromatic rings. The fourth-order valence-electron chi connectivity index (χ4n) is 1.33. The lowest BCUT2D eigenvalue weighted by Gasteiger charge is -2.23. The van der Waals surface area contributed by atoms with Crippen LogP contribution in [0.1, 0.15) is 32.3 Å². The predicted molar refractivity (Wildman–Crippen MR) is 65.2 cm³/mol. The molecule has 0 aliphatic carbocycles. The molecule has 0 aromatic heterocycles. The molecule has 0 saturated carbocycles. The summed E-state index contributed by atoms with van der Waals surface area (Å²) in [5.41, 5.74) is 5.01. The van der Waals surface area contributed by atoms with Crippen LogP contribution in [-0.4, -0.2) is 17.3 Å². The summed E-state index contributed by atoms with van der Waals surface area (Å²) in [6.45, 7) is 3.70. The van der Waals surface area contributed by atoms with Crippen molar-refractivity contribution in [2.24, 2.45) is 0 Å². The lowest BCUT2D eigenvalue weighted by atomic mass is 10.0. The van der Waals surface area contributed by atoms with Crippen molar-refractivity contribution in [2.45, 2.75) is 32.3 Å². The third-order valence-corrected chi connectivity index (χ3v) is 2.73. The minimum atomic E-state index is -2.59. The summed E-state index contributed by atoms with van der Waals surface area (Å²) in [6.07, 6.45) is -2.05. The zero-order valence-corrected chi connectivity index (χ0v) is 10.0. The topological polar surface area (TPSA) is 58.3 Å². The van der Waals surface area contributed by atoms with Crippen LogP contribution in [0.2, 0.25) is 0 Å². The number of nitrogens with two attached hydrogens (primary N) is 1. The number of nitrogen functional groups attached to an aromatic ring is 1. The summed E-state index contributed by atoms with van der Waals surface area (Å²) in [4.78, 5) is 0. The summed E-state index contributed by atoms with van der Waals surface area (Å²) in [6, 6.07) is 4.30. The van der Waals surface area contributed by atoms with Gasteiger partial charge in [0.15, 0.2) is 0 Å². The van der Waals surface area contributed by atoms with Crippen LogP contribution >= 0.6 is 0 Å². The Bertz CT molecular complexity index is 381. The molecule has 1 atom stereocenters. The highest BCUT2D eigenvalue weighted by Crippen LogP contribution is 2.29. The number of rotatable bonds is 5. The molecular weight excluding hydrogens is 226 g/mol. The fraction of sp³-hybridized carbons (Fsp3) is 0.500. The van der Waals surface area contributed by atoms with Gasteiger partial charge in [-0.1, -0.05) is 6.92 Å². The molecule has 0 heterocycles. The third-order valence-electron chi connectivity index (χ3n) is 2.73. The lowest BCUT2D eigenvalue weighted by molar-refractivity contribution is 0.0695. The number of aliphatic hydroxyl groups is 1. The molecule has 0 spiro atoms. The highest BCUT2D eigenvalue weighted by atomic mass is 19.3. The summed E-state index contributed by atoms with van der Waals surface area (Å²) in [5, 5.41) is 12.6. The second-order valence-electron chi connectivity index (χ2n) is 4.35. The minimum Gasteiger partial charge on any atom is -0.399 e. The van der Waals surface area contributed by atoms with Crippen LogP contribution in [0.5, 0.6) is 0 Å². The van der Waals surface area contributed by atoms with Crippen molar-refractivity contribution in [1.82, 2.24) is 0 Å². The highest BCUT2D eigenvalue weighted by molar-refractivity contribution is 5.58. The van der Waals surface area contributed by atoms with Crippen molar-refractivity contribution >= 4 is 11.4 Å². The zero-order valence-electron chi connectivity index (χ0n) is 10.0. The van der Waals surface area contributed by atoms with E-state index in [4.69, 9.17) is 5.73 Å². The van der Waals surface area contributed by atoms with Crippen molar-refractivity contribution in [1.29, 1.82) is 0 Å². The van der Waals surface area contributed by atoms with Crippen LogP contribution in [0.4, 0.5) is 20.2 Å².